The highest BCUT2D eigenvalue weighted by atomic mass is 32.2. The van der Waals surface area contributed by atoms with Crippen LogP contribution in [0.15, 0.2) is 53.7 Å². The molecule has 0 spiro atoms. The van der Waals surface area contributed by atoms with Gasteiger partial charge in [-0.25, -0.2) is 18.1 Å². The van der Waals surface area contributed by atoms with E-state index in [9.17, 15) is 8.42 Å². The minimum Gasteiger partial charge on any atom is -0.454 e. The maximum absolute atomic E-state index is 12.4. The Hall–Kier alpha value is -2.58. The summed E-state index contributed by atoms with van der Waals surface area (Å²) in [5, 5.41) is 0. The zero-order valence-corrected chi connectivity index (χ0v) is 13.5. The SMILES string of the molecule is O=S(=O)(NCCc1ncc2ccccn12)c1ccc2c(c1)OCO2. The van der Waals surface area contributed by atoms with Gasteiger partial charge in [0.1, 0.15) is 5.82 Å². The molecule has 7 nitrogen and oxygen atoms in total. The quantitative estimate of drug-likeness (QED) is 0.759. The van der Waals surface area contributed by atoms with Crippen LogP contribution >= 0.6 is 0 Å². The molecule has 8 heteroatoms. The Morgan fingerprint density at radius 2 is 2.04 bits per heavy atom. The van der Waals surface area contributed by atoms with E-state index in [1.54, 1.807) is 12.3 Å². The van der Waals surface area contributed by atoms with Crippen LogP contribution in [0.2, 0.25) is 0 Å². The molecule has 0 radical (unpaired) electrons. The number of imidazole rings is 1. The first kappa shape index (κ1) is 15.0. The van der Waals surface area contributed by atoms with Crippen molar-refractivity contribution in [1.82, 2.24) is 14.1 Å². The topological polar surface area (TPSA) is 81.9 Å². The van der Waals surface area contributed by atoms with Gasteiger partial charge in [0.2, 0.25) is 16.8 Å². The van der Waals surface area contributed by atoms with Crippen molar-refractivity contribution >= 4 is 15.5 Å². The molecule has 0 fully saturated rings. The smallest absolute Gasteiger partial charge is 0.240 e. The lowest BCUT2D eigenvalue weighted by molar-refractivity contribution is 0.174. The highest BCUT2D eigenvalue weighted by Crippen LogP contribution is 2.33. The van der Waals surface area contributed by atoms with Crippen molar-refractivity contribution in [2.45, 2.75) is 11.3 Å². The number of pyridine rings is 1. The van der Waals surface area contributed by atoms with Crippen molar-refractivity contribution in [3.63, 3.8) is 0 Å². The van der Waals surface area contributed by atoms with Crippen LogP contribution in [-0.4, -0.2) is 31.1 Å². The van der Waals surface area contributed by atoms with Gasteiger partial charge in [-0.15, -0.1) is 0 Å². The van der Waals surface area contributed by atoms with Crippen LogP contribution in [0, 0.1) is 0 Å². The molecule has 1 aliphatic heterocycles. The third-order valence-corrected chi connectivity index (χ3v) is 5.27. The molecule has 1 N–H and O–H groups in total. The monoisotopic (exact) mass is 345 g/mol. The molecule has 0 bridgehead atoms. The summed E-state index contributed by atoms with van der Waals surface area (Å²) < 4.78 is 39.7. The number of benzene rings is 1. The molecule has 1 aromatic carbocycles. The first-order chi connectivity index (χ1) is 11.6. The van der Waals surface area contributed by atoms with Crippen LogP contribution in [0.4, 0.5) is 0 Å². The maximum Gasteiger partial charge on any atom is 0.240 e. The van der Waals surface area contributed by atoms with E-state index in [4.69, 9.17) is 9.47 Å². The standard InChI is InChI=1S/C16H15N3O4S/c20-24(21,13-4-5-14-15(9-13)23-11-22-14)18-7-6-16-17-10-12-3-1-2-8-19(12)16/h1-5,8-10,18H,6-7,11H2. The van der Waals surface area contributed by atoms with E-state index in [0.717, 1.165) is 11.3 Å². The van der Waals surface area contributed by atoms with E-state index in [0.29, 0.717) is 17.9 Å². The molecule has 1 aliphatic rings. The minimum absolute atomic E-state index is 0.110. The molecule has 0 aliphatic carbocycles. The molecular weight excluding hydrogens is 330 g/mol. The molecule has 3 aromatic rings. The zero-order valence-electron chi connectivity index (χ0n) is 12.7. The van der Waals surface area contributed by atoms with Crippen molar-refractivity contribution in [2.75, 3.05) is 13.3 Å². The number of sulfonamides is 1. The summed E-state index contributed by atoms with van der Waals surface area (Å²) in [6.07, 6.45) is 4.16. The summed E-state index contributed by atoms with van der Waals surface area (Å²) in [6.45, 7) is 0.365. The van der Waals surface area contributed by atoms with Gasteiger partial charge in [0, 0.05) is 25.2 Å². The minimum atomic E-state index is -3.61. The molecule has 0 amide bonds. The van der Waals surface area contributed by atoms with Crippen molar-refractivity contribution in [3.8, 4) is 11.5 Å². The molecule has 2 aromatic heterocycles. The number of hydrogen-bond acceptors (Lipinski definition) is 5. The second kappa shape index (κ2) is 5.81. The molecule has 0 saturated heterocycles. The molecule has 124 valence electrons. The van der Waals surface area contributed by atoms with Crippen molar-refractivity contribution in [2.24, 2.45) is 0 Å². The Morgan fingerprint density at radius 3 is 2.96 bits per heavy atom. The van der Waals surface area contributed by atoms with Gasteiger partial charge in [-0.3, -0.25) is 0 Å². The lowest BCUT2D eigenvalue weighted by atomic mass is 10.3. The van der Waals surface area contributed by atoms with E-state index in [2.05, 4.69) is 9.71 Å². The number of fused-ring (bicyclic) bond motifs is 2. The van der Waals surface area contributed by atoms with Crippen molar-refractivity contribution < 1.29 is 17.9 Å². The first-order valence-corrected chi connectivity index (χ1v) is 8.92. The molecule has 24 heavy (non-hydrogen) atoms. The van der Waals surface area contributed by atoms with Crippen LogP contribution in [-0.2, 0) is 16.4 Å². The van der Waals surface area contributed by atoms with Crippen LogP contribution in [0.25, 0.3) is 5.52 Å². The number of aromatic nitrogens is 2. The van der Waals surface area contributed by atoms with Gasteiger partial charge >= 0.3 is 0 Å². The summed E-state index contributed by atoms with van der Waals surface area (Å²) >= 11 is 0. The number of hydrogen-bond donors (Lipinski definition) is 1. The van der Waals surface area contributed by atoms with Crippen LogP contribution < -0.4 is 14.2 Å². The molecule has 0 saturated carbocycles. The van der Waals surface area contributed by atoms with E-state index >= 15 is 0 Å². The largest absolute Gasteiger partial charge is 0.454 e. The lowest BCUT2D eigenvalue weighted by Crippen LogP contribution is -2.26. The predicted molar refractivity (Wildman–Crippen MR) is 86.6 cm³/mol. The predicted octanol–water partition coefficient (Wildman–Crippen LogP) is 1.58. The number of rotatable bonds is 5. The van der Waals surface area contributed by atoms with Gasteiger partial charge in [-0.05, 0) is 24.3 Å². The maximum atomic E-state index is 12.4. The van der Waals surface area contributed by atoms with Gasteiger partial charge in [0.05, 0.1) is 16.6 Å². The molecule has 4 rings (SSSR count). The zero-order chi connectivity index (χ0) is 16.6. The van der Waals surface area contributed by atoms with E-state index < -0.39 is 10.0 Å². The van der Waals surface area contributed by atoms with Crippen LogP contribution in [0.3, 0.4) is 0 Å². The first-order valence-electron chi connectivity index (χ1n) is 7.44. The van der Waals surface area contributed by atoms with Crippen LogP contribution in [0.1, 0.15) is 5.82 Å². The van der Waals surface area contributed by atoms with E-state index in [-0.39, 0.29) is 18.2 Å². The average molecular weight is 345 g/mol. The Bertz CT molecular complexity index is 997. The number of ether oxygens (including phenoxy) is 2. The number of nitrogens with zero attached hydrogens (tertiary/aromatic N) is 2. The highest BCUT2D eigenvalue weighted by molar-refractivity contribution is 7.89. The molecule has 0 atom stereocenters. The molecule has 3 heterocycles. The van der Waals surface area contributed by atoms with Gasteiger partial charge < -0.3 is 13.9 Å². The van der Waals surface area contributed by atoms with Gasteiger partial charge in [-0.1, -0.05) is 6.07 Å². The third-order valence-electron chi connectivity index (χ3n) is 3.81. The fourth-order valence-corrected chi connectivity index (χ4v) is 3.66. The van der Waals surface area contributed by atoms with Gasteiger partial charge in [-0.2, -0.15) is 0 Å². The van der Waals surface area contributed by atoms with E-state index in [1.165, 1.54) is 12.1 Å². The Morgan fingerprint density at radius 1 is 1.17 bits per heavy atom. The fourth-order valence-electron chi connectivity index (χ4n) is 2.61. The summed E-state index contributed by atoms with van der Waals surface area (Å²) in [5.41, 5.74) is 0.978. The third kappa shape index (κ3) is 2.70. The molecule has 0 unspecified atom stereocenters. The second-order valence-electron chi connectivity index (χ2n) is 5.33. The van der Waals surface area contributed by atoms with E-state index in [1.807, 2.05) is 28.8 Å². The van der Waals surface area contributed by atoms with Crippen LogP contribution in [0.5, 0.6) is 11.5 Å². The number of nitrogens with one attached hydrogen (secondary N) is 1. The Balaban J connectivity index is 1.47. The van der Waals surface area contributed by atoms with Gasteiger partial charge in [0.25, 0.3) is 0 Å². The highest BCUT2D eigenvalue weighted by Gasteiger charge is 2.20. The lowest BCUT2D eigenvalue weighted by Gasteiger charge is -2.07. The van der Waals surface area contributed by atoms with Gasteiger partial charge in [0.15, 0.2) is 11.5 Å². The molecular formula is C16H15N3O4S. The second-order valence-corrected chi connectivity index (χ2v) is 7.10. The normalized spacial score (nSPS) is 13.5. The van der Waals surface area contributed by atoms with Crippen molar-refractivity contribution in [1.29, 1.82) is 0 Å². The fraction of sp³-hybridized carbons (Fsp3) is 0.188. The summed E-state index contributed by atoms with van der Waals surface area (Å²) in [7, 11) is -3.61. The summed E-state index contributed by atoms with van der Waals surface area (Å²) in [4.78, 5) is 4.48. The average Bonchev–Trinajstić information content (AvgIpc) is 3.21. The Labute approximate surface area is 138 Å². The summed E-state index contributed by atoms with van der Waals surface area (Å²) in [5.74, 6) is 1.80. The Kier molecular flexibility index (Phi) is 3.62. The van der Waals surface area contributed by atoms with Crippen molar-refractivity contribution in [3.05, 3.63) is 54.6 Å². The summed E-state index contributed by atoms with van der Waals surface area (Å²) in [6, 6.07) is 10.4.